The molecule has 0 atom stereocenters. The van der Waals surface area contributed by atoms with Gasteiger partial charge in [-0.1, -0.05) is 0 Å². The molecular formula is C10H11NO2S. The molecule has 0 saturated heterocycles. The Hall–Kier alpha value is -1.03. The van der Waals surface area contributed by atoms with Gasteiger partial charge in [0.05, 0.1) is 6.10 Å². The maximum absolute atomic E-state index is 10.7. The molecule has 74 valence electrons. The molecule has 0 unspecified atom stereocenters. The summed E-state index contributed by atoms with van der Waals surface area (Å²) in [5, 5.41) is 0. The molecule has 1 heterocycles. The minimum atomic E-state index is 0.299. The zero-order valence-corrected chi connectivity index (χ0v) is 8.71. The highest BCUT2D eigenvalue weighted by atomic mass is 32.2. The van der Waals surface area contributed by atoms with Gasteiger partial charge in [-0.2, -0.15) is 0 Å². The number of hydrogen-bond acceptors (Lipinski definition) is 4. The van der Waals surface area contributed by atoms with Crippen molar-refractivity contribution in [3.63, 3.8) is 0 Å². The summed E-state index contributed by atoms with van der Waals surface area (Å²) >= 11 is 1.59. The maximum Gasteiger partial charge on any atom is 0.172 e. The minimum Gasteiger partial charge on any atom is -0.488 e. The maximum atomic E-state index is 10.7. The molecule has 1 saturated carbocycles. The van der Waals surface area contributed by atoms with Crippen molar-refractivity contribution in [2.45, 2.75) is 23.8 Å². The molecule has 0 aromatic carbocycles. The number of hydrogen-bond donors (Lipinski definition) is 0. The van der Waals surface area contributed by atoms with Gasteiger partial charge in [0.2, 0.25) is 0 Å². The number of carbonyl (C=O) groups is 1. The average Bonchev–Trinajstić information content (AvgIpc) is 3.01. The molecular weight excluding hydrogens is 198 g/mol. The lowest BCUT2D eigenvalue weighted by Gasteiger charge is -2.07. The van der Waals surface area contributed by atoms with Gasteiger partial charge in [0.1, 0.15) is 11.4 Å². The topological polar surface area (TPSA) is 39.2 Å². The van der Waals surface area contributed by atoms with Crippen LogP contribution in [0.3, 0.4) is 0 Å². The van der Waals surface area contributed by atoms with Crippen LogP contribution in [0, 0.1) is 0 Å². The molecule has 0 amide bonds. The predicted octanol–water partition coefficient (Wildman–Crippen LogP) is 2.16. The molecule has 2 rings (SSSR count). The van der Waals surface area contributed by atoms with Gasteiger partial charge in [0.25, 0.3) is 0 Å². The SMILES string of the molecule is CSc1cnc(C=O)c(OC2CC2)c1. The van der Waals surface area contributed by atoms with Crippen LogP contribution < -0.4 is 4.74 Å². The van der Waals surface area contributed by atoms with Gasteiger partial charge in [-0.3, -0.25) is 4.79 Å². The highest BCUT2D eigenvalue weighted by Crippen LogP contribution is 2.30. The van der Waals surface area contributed by atoms with Crippen LogP contribution in [0.4, 0.5) is 0 Å². The van der Waals surface area contributed by atoms with E-state index in [0.717, 1.165) is 24.0 Å². The first-order valence-electron chi connectivity index (χ1n) is 4.49. The molecule has 0 N–H and O–H groups in total. The minimum absolute atomic E-state index is 0.299. The van der Waals surface area contributed by atoms with Gasteiger partial charge in [0.15, 0.2) is 6.29 Å². The number of aromatic nitrogens is 1. The standard InChI is InChI=1S/C10H11NO2S/c1-14-8-4-10(13-7-2-3-7)9(6-12)11-5-8/h4-7H,2-3H2,1H3. The molecule has 0 spiro atoms. The molecule has 14 heavy (non-hydrogen) atoms. The van der Waals surface area contributed by atoms with E-state index >= 15 is 0 Å². The van der Waals surface area contributed by atoms with E-state index in [9.17, 15) is 4.79 Å². The van der Waals surface area contributed by atoms with Crippen LogP contribution in [0.1, 0.15) is 23.3 Å². The fraction of sp³-hybridized carbons (Fsp3) is 0.400. The van der Waals surface area contributed by atoms with Crippen molar-refractivity contribution in [3.8, 4) is 5.75 Å². The number of ether oxygens (including phenoxy) is 1. The molecule has 1 aromatic rings. The molecule has 0 radical (unpaired) electrons. The molecule has 1 aliphatic rings. The normalized spacial score (nSPS) is 15.2. The number of pyridine rings is 1. The summed E-state index contributed by atoms with van der Waals surface area (Å²) in [4.78, 5) is 15.7. The Kier molecular flexibility index (Phi) is 2.72. The third-order valence-corrected chi connectivity index (χ3v) is 2.72. The van der Waals surface area contributed by atoms with E-state index in [1.54, 1.807) is 18.0 Å². The molecule has 1 aliphatic carbocycles. The molecule has 3 nitrogen and oxygen atoms in total. The summed E-state index contributed by atoms with van der Waals surface area (Å²) in [5.41, 5.74) is 0.398. The van der Waals surface area contributed by atoms with Crippen LogP contribution in [0.15, 0.2) is 17.2 Å². The Morgan fingerprint density at radius 1 is 1.64 bits per heavy atom. The molecule has 0 bridgehead atoms. The van der Waals surface area contributed by atoms with Crippen LogP contribution in [0.5, 0.6) is 5.75 Å². The van der Waals surface area contributed by atoms with Crippen LogP contribution in [0.2, 0.25) is 0 Å². The molecule has 4 heteroatoms. The van der Waals surface area contributed by atoms with Gasteiger partial charge in [0, 0.05) is 11.1 Å². The van der Waals surface area contributed by atoms with Crippen molar-refractivity contribution < 1.29 is 9.53 Å². The summed E-state index contributed by atoms with van der Waals surface area (Å²) in [5.74, 6) is 0.620. The van der Waals surface area contributed by atoms with Gasteiger partial charge in [-0.05, 0) is 25.2 Å². The number of carbonyl (C=O) groups excluding carboxylic acids is 1. The Labute approximate surface area is 86.9 Å². The monoisotopic (exact) mass is 209 g/mol. The lowest BCUT2D eigenvalue weighted by molar-refractivity contribution is 0.111. The first kappa shape index (κ1) is 9.52. The van der Waals surface area contributed by atoms with Gasteiger partial charge >= 0.3 is 0 Å². The van der Waals surface area contributed by atoms with Crippen molar-refractivity contribution in [2.24, 2.45) is 0 Å². The summed E-state index contributed by atoms with van der Waals surface area (Å²) < 4.78 is 5.58. The van der Waals surface area contributed by atoms with Crippen LogP contribution >= 0.6 is 11.8 Å². The number of nitrogens with zero attached hydrogens (tertiary/aromatic N) is 1. The Bertz CT molecular complexity index is 350. The van der Waals surface area contributed by atoms with Crippen molar-refractivity contribution in [2.75, 3.05) is 6.26 Å². The first-order valence-corrected chi connectivity index (χ1v) is 5.72. The fourth-order valence-corrected chi connectivity index (χ4v) is 1.48. The first-order chi connectivity index (χ1) is 6.83. The highest BCUT2D eigenvalue weighted by molar-refractivity contribution is 7.98. The zero-order valence-electron chi connectivity index (χ0n) is 7.90. The van der Waals surface area contributed by atoms with Gasteiger partial charge < -0.3 is 4.74 Å². The quantitative estimate of drug-likeness (QED) is 0.562. The van der Waals surface area contributed by atoms with Crippen LogP contribution in [-0.4, -0.2) is 23.6 Å². The van der Waals surface area contributed by atoms with E-state index in [4.69, 9.17) is 4.74 Å². The van der Waals surface area contributed by atoms with Crippen molar-refractivity contribution in [1.82, 2.24) is 4.98 Å². The van der Waals surface area contributed by atoms with E-state index in [-0.39, 0.29) is 0 Å². The third kappa shape index (κ3) is 2.07. The second-order valence-corrected chi connectivity index (χ2v) is 4.07. The Balaban J connectivity index is 2.26. The van der Waals surface area contributed by atoms with Crippen molar-refractivity contribution >= 4 is 18.0 Å². The number of aldehydes is 1. The summed E-state index contributed by atoms with van der Waals surface area (Å²) in [7, 11) is 0. The summed E-state index contributed by atoms with van der Waals surface area (Å²) in [6.45, 7) is 0. The van der Waals surface area contributed by atoms with Crippen LogP contribution in [0.25, 0.3) is 0 Å². The van der Waals surface area contributed by atoms with E-state index in [1.807, 2.05) is 12.3 Å². The van der Waals surface area contributed by atoms with Crippen LogP contribution in [-0.2, 0) is 0 Å². The summed E-state index contributed by atoms with van der Waals surface area (Å²) in [6, 6.07) is 1.87. The van der Waals surface area contributed by atoms with E-state index in [2.05, 4.69) is 4.98 Å². The van der Waals surface area contributed by atoms with Crippen molar-refractivity contribution in [3.05, 3.63) is 18.0 Å². The Morgan fingerprint density at radius 2 is 2.43 bits per heavy atom. The number of thioether (sulfide) groups is 1. The predicted molar refractivity (Wildman–Crippen MR) is 55.1 cm³/mol. The third-order valence-electron chi connectivity index (χ3n) is 2.02. The average molecular weight is 209 g/mol. The van der Waals surface area contributed by atoms with E-state index < -0.39 is 0 Å². The second-order valence-electron chi connectivity index (χ2n) is 3.19. The van der Waals surface area contributed by atoms with E-state index in [0.29, 0.717) is 17.5 Å². The molecule has 0 aliphatic heterocycles. The largest absolute Gasteiger partial charge is 0.488 e. The second kappa shape index (κ2) is 4.00. The molecule has 1 fully saturated rings. The number of rotatable bonds is 4. The lowest BCUT2D eigenvalue weighted by atomic mass is 10.3. The fourth-order valence-electron chi connectivity index (χ4n) is 1.10. The van der Waals surface area contributed by atoms with Gasteiger partial charge in [-0.15, -0.1) is 11.8 Å². The molecule has 1 aromatic heterocycles. The van der Waals surface area contributed by atoms with E-state index in [1.165, 1.54) is 0 Å². The summed E-state index contributed by atoms with van der Waals surface area (Å²) in [6.07, 6.45) is 6.87. The smallest absolute Gasteiger partial charge is 0.172 e. The lowest BCUT2D eigenvalue weighted by Crippen LogP contribution is -2.01. The highest BCUT2D eigenvalue weighted by Gasteiger charge is 2.24. The van der Waals surface area contributed by atoms with Gasteiger partial charge in [-0.25, -0.2) is 4.98 Å². The zero-order chi connectivity index (χ0) is 9.97. The Morgan fingerprint density at radius 3 is 3.00 bits per heavy atom. The van der Waals surface area contributed by atoms with Crippen molar-refractivity contribution in [1.29, 1.82) is 0 Å².